The maximum atomic E-state index is 10.9. The molecule has 3 nitrogen and oxygen atoms in total. The lowest BCUT2D eigenvalue weighted by atomic mass is 9.97. The Balaban J connectivity index is 4.43. The maximum Gasteiger partial charge on any atom is 0.217 e. The molecular formula is C13H24N2O. The van der Waals surface area contributed by atoms with Crippen molar-refractivity contribution >= 4 is 5.91 Å². The van der Waals surface area contributed by atoms with E-state index in [9.17, 15) is 4.79 Å². The van der Waals surface area contributed by atoms with Gasteiger partial charge in [-0.3, -0.25) is 9.69 Å². The van der Waals surface area contributed by atoms with Gasteiger partial charge >= 0.3 is 0 Å². The van der Waals surface area contributed by atoms with Gasteiger partial charge in [-0.25, -0.2) is 0 Å². The number of unbranched alkanes of at least 4 members (excludes halogenated alkanes) is 1. The molecule has 0 saturated carbocycles. The lowest BCUT2D eigenvalue weighted by Gasteiger charge is -2.28. The van der Waals surface area contributed by atoms with Crippen molar-refractivity contribution in [2.24, 2.45) is 11.7 Å². The Kier molecular flexibility index (Phi) is 7.66. The zero-order valence-corrected chi connectivity index (χ0v) is 10.9. The topological polar surface area (TPSA) is 46.3 Å². The first-order valence-corrected chi connectivity index (χ1v) is 5.93. The van der Waals surface area contributed by atoms with E-state index in [1.807, 2.05) is 13.8 Å². The van der Waals surface area contributed by atoms with Crippen LogP contribution in [-0.2, 0) is 4.79 Å². The number of hydrogen-bond acceptors (Lipinski definition) is 2. The number of amides is 1. The van der Waals surface area contributed by atoms with Gasteiger partial charge in [0.1, 0.15) is 0 Å². The van der Waals surface area contributed by atoms with Gasteiger partial charge in [0, 0.05) is 6.42 Å². The summed E-state index contributed by atoms with van der Waals surface area (Å²) in [5.74, 6) is 6.04. The van der Waals surface area contributed by atoms with Crippen molar-refractivity contribution in [2.45, 2.75) is 46.1 Å². The van der Waals surface area contributed by atoms with E-state index in [1.165, 1.54) is 6.42 Å². The van der Waals surface area contributed by atoms with E-state index in [2.05, 4.69) is 30.7 Å². The third-order valence-corrected chi connectivity index (χ3v) is 2.69. The van der Waals surface area contributed by atoms with Gasteiger partial charge in [-0.1, -0.05) is 26.2 Å². The molecule has 0 aromatic carbocycles. The molecule has 0 aromatic heterocycles. The molecule has 16 heavy (non-hydrogen) atoms. The highest BCUT2D eigenvalue weighted by atomic mass is 16.1. The van der Waals surface area contributed by atoms with Crippen molar-refractivity contribution in [1.82, 2.24) is 4.90 Å². The van der Waals surface area contributed by atoms with E-state index in [0.29, 0.717) is 6.42 Å². The molecule has 0 heterocycles. The lowest BCUT2D eigenvalue weighted by molar-refractivity contribution is -0.119. The molecule has 0 bridgehead atoms. The summed E-state index contributed by atoms with van der Waals surface area (Å²) in [6.07, 6.45) is 2.72. The summed E-state index contributed by atoms with van der Waals surface area (Å²) in [6.45, 7) is 7.04. The number of carbonyl (C=O) groups excluding carboxylic acids is 1. The molecular weight excluding hydrogens is 200 g/mol. The van der Waals surface area contributed by atoms with Gasteiger partial charge in [0.2, 0.25) is 5.91 Å². The lowest BCUT2D eigenvalue weighted by Crippen LogP contribution is -2.38. The van der Waals surface area contributed by atoms with Crippen LogP contribution in [0.15, 0.2) is 0 Å². The van der Waals surface area contributed by atoms with E-state index < -0.39 is 0 Å². The van der Waals surface area contributed by atoms with Gasteiger partial charge in [-0.15, -0.1) is 5.92 Å². The number of nitrogens with two attached hydrogens (primary N) is 1. The number of nitrogens with zero attached hydrogens (tertiary/aromatic N) is 1. The summed E-state index contributed by atoms with van der Waals surface area (Å²) in [5, 5.41) is 0. The van der Waals surface area contributed by atoms with Gasteiger partial charge in [0.15, 0.2) is 0 Å². The summed E-state index contributed by atoms with van der Waals surface area (Å²) in [5.41, 5.74) is 5.22. The molecule has 2 unspecified atom stereocenters. The van der Waals surface area contributed by atoms with Crippen molar-refractivity contribution in [1.29, 1.82) is 0 Å². The fourth-order valence-corrected chi connectivity index (χ4v) is 1.81. The largest absolute Gasteiger partial charge is 0.370 e. The second-order valence-electron chi connectivity index (χ2n) is 4.32. The van der Waals surface area contributed by atoms with Crippen LogP contribution in [0.5, 0.6) is 0 Å². The Morgan fingerprint density at radius 2 is 2.12 bits per heavy atom. The van der Waals surface area contributed by atoms with Crippen LogP contribution in [0.25, 0.3) is 0 Å². The van der Waals surface area contributed by atoms with Crippen molar-refractivity contribution < 1.29 is 4.79 Å². The Hall–Kier alpha value is -1.01. The summed E-state index contributed by atoms with van der Waals surface area (Å²) >= 11 is 0. The number of carbonyl (C=O) groups is 1. The molecule has 2 N–H and O–H groups in total. The summed E-state index contributed by atoms with van der Waals surface area (Å²) in [6, 6.07) is 0.129. The van der Waals surface area contributed by atoms with E-state index in [-0.39, 0.29) is 17.9 Å². The van der Waals surface area contributed by atoms with E-state index >= 15 is 0 Å². The van der Waals surface area contributed by atoms with Gasteiger partial charge < -0.3 is 5.73 Å². The molecule has 0 saturated heterocycles. The third-order valence-electron chi connectivity index (χ3n) is 2.69. The van der Waals surface area contributed by atoms with Gasteiger partial charge in [0.25, 0.3) is 0 Å². The highest BCUT2D eigenvalue weighted by molar-refractivity contribution is 5.74. The average Bonchev–Trinajstić information content (AvgIpc) is 2.21. The Morgan fingerprint density at radius 3 is 2.56 bits per heavy atom. The van der Waals surface area contributed by atoms with Crippen molar-refractivity contribution in [3.63, 3.8) is 0 Å². The predicted octanol–water partition coefficient (Wildman–Crippen LogP) is 1.62. The molecule has 0 aliphatic rings. The molecule has 0 fully saturated rings. The quantitative estimate of drug-likeness (QED) is 0.668. The summed E-state index contributed by atoms with van der Waals surface area (Å²) in [7, 11) is 2.06. The van der Waals surface area contributed by atoms with Crippen LogP contribution in [0.2, 0.25) is 0 Å². The summed E-state index contributed by atoms with van der Waals surface area (Å²) < 4.78 is 0. The maximum absolute atomic E-state index is 10.9. The minimum absolute atomic E-state index is 0.129. The Bertz CT molecular complexity index is 265. The zero-order chi connectivity index (χ0) is 12.6. The number of rotatable bonds is 7. The predicted molar refractivity (Wildman–Crippen MR) is 67.8 cm³/mol. The first-order chi connectivity index (χ1) is 7.52. The molecule has 0 radical (unpaired) electrons. The van der Waals surface area contributed by atoms with Crippen molar-refractivity contribution in [2.75, 3.05) is 13.6 Å². The molecule has 1 amide bonds. The molecule has 0 rings (SSSR count). The fourth-order valence-electron chi connectivity index (χ4n) is 1.81. The Labute approximate surface area is 99.4 Å². The molecule has 2 atom stereocenters. The highest BCUT2D eigenvalue weighted by Gasteiger charge is 2.20. The molecule has 92 valence electrons. The van der Waals surface area contributed by atoms with Gasteiger partial charge in [-0.05, 0) is 32.9 Å². The minimum atomic E-state index is -0.251. The first-order valence-electron chi connectivity index (χ1n) is 5.93. The average molecular weight is 224 g/mol. The zero-order valence-electron chi connectivity index (χ0n) is 10.9. The molecule has 0 aliphatic carbocycles. The molecule has 0 spiro atoms. The van der Waals surface area contributed by atoms with E-state index in [0.717, 1.165) is 13.0 Å². The monoisotopic (exact) mass is 224 g/mol. The van der Waals surface area contributed by atoms with Crippen LogP contribution in [-0.4, -0.2) is 30.4 Å². The highest BCUT2D eigenvalue weighted by Crippen LogP contribution is 2.13. The van der Waals surface area contributed by atoms with Crippen LogP contribution in [0.3, 0.4) is 0 Å². The second-order valence-corrected chi connectivity index (χ2v) is 4.32. The SMILES string of the molecule is CC#CC(C(C)CC(N)=O)N(C)CCCC. The Morgan fingerprint density at radius 1 is 1.50 bits per heavy atom. The molecule has 0 aromatic rings. The van der Waals surface area contributed by atoms with E-state index in [4.69, 9.17) is 5.73 Å². The van der Waals surface area contributed by atoms with Crippen molar-refractivity contribution in [3.05, 3.63) is 0 Å². The van der Waals surface area contributed by atoms with Crippen LogP contribution in [0.4, 0.5) is 0 Å². The normalized spacial score (nSPS) is 14.1. The summed E-state index contributed by atoms with van der Waals surface area (Å²) in [4.78, 5) is 13.1. The van der Waals surface area contributed by atoms with Crippen LogP contribution in [0.1, 0.15) is 40.0 Å². The number of hydrogen-bond donors (Lipinski definition) is 1. The van der Waals surface area contributed by atoms with E-state index in [1.54, 1.807) is 0 Å². The minimum Gasteiger partial charge on any atom is -0.370 e. The standard InChI is InChI=1S/C13H24N2O/c1-5-7-9-15(4)12(8-6-2)11(3)10-13(14)16/h11-12H,5,7,9-10H2,1-4H3,(H2,14,16). The smallest absolute Gasteiger partial charge is 0.217 e. The molecule has 3 heteroatoms. The van der Waals surface area contributed by atoms with Crippen molar-refractivity contribution in [3.8, 4) is 11.8 Å². The van der Waals surface area contributed by atoms with Gasteiger partial charge in [-0.2, -0.15) is 0 Å². The van der Waals surface area contributed by atoms with Crippen LogP contribution < -0.4 is 5.73 Å². The fraction of sp³-hybridized carbons (Fsp3) is 0.769. The van der Waals surface area contributed by atoms with Gasteiger partial charge in [0.05, 0.1) is 6.04 Å². The first kappa shape index (κ1) is 15.0. The molecule has 0 aliphatic heterocycles. The van der Waals surface area contributed by atoms with Crippen LogP contribution in [0, 0.1) is 17.8 Å². The number of primary amides is 1. The van der Waals surface area contributed by atoms with Crippen LogP contribution >= 0.6 is 0 Å². The second kappa shape index (κ2) is 8.18. The third kappa shape index (κ3) is 5.77.